The van der Waals surface area contributed by atoms with Crippen LogP contribution in [0, 0.1) is 22.0 Å². The van der Waals surface area contributed by atoms with E-state index in [-0.39, 0.29) is 16.8 Å². The van der Waals surface area contributed by atoms with Crippen LogP contribution < -0.4 is 5.32 Å². The number of aromatic nitrogens is 2. The van der Waals surface area contributed by atoms with Crippen molar-refractivity contribution in [3.63, 3.8) is 0 Å². The molecule has 0 saturated heterocycles. The number of rotatable bonds is 4. The largest absolute Gasteiger partial charge is 0.364 e. The first kappa shape index (κ1) is 14.0. The Balaban J connectivity index is 2.05. The zero-order chi connectivity index (χ0) is 13.8. The molecule has 2 rings (SSSR count). The van der Waals surface area contributed by atoms with Gasteiger partial charge in [-0.1, -0.05) is 26.2 Å². The molecular weight excluding hydrogens is 268 g/mol. The van der Waals surface area contributed by atoms with Crippen LogP contribution in [0.4, 0.5) is 11.5 Å². The van der Waals surface area contributed by atoms with E-state index in [4.69, 9.17) is 11.6 Å². The number of nitrogens with zero attached hydrogens (tertiary/aromatic N) is 3. The van der Waals surface area contributed by atoms with Gasteiger partial charge in [0.15, 0.2) is 0 Å². The summed E-state index contributed by atoms with van der Waals surface area (Å²) in [5, 5.41) is 14.0. The number of anilines is 1. The third-order valence-corrected chi connectivity index (χ3v) is 3.94. The Morgan fingerprint density at radius 3 is 2.95 bits per heavy atom. The van der Waals surface area contributed by atoms with E-state index in [2.05, 4.69) is 22.2 Å². The van der Waals surface area contributed by atoms with Gasteiger partial charge in [0.05, 0.1) is 4.92 Å². The molecule has 104 valence electrons. The van der Waals surface area contributed by atoms with Crippen molar-refractivity contribution < 1.29 is 4.92 Å². The van der Waals surface area contributed by atoms with E-state index >= 15 is 0 Å². The summed E-state index contributed by atoms with van der Waals surface area (Å²) in [6, 6.07) is 0. The third kappa shape index (κ3) is 3.53. The molecule has 1 aromatic heterocycles. The molecule has 1 saturated carbocycles. The summed E-state index contributed by atoms with van der Waals surface area (Å²) in [7, 11) is 0. The van der Waals surface area contributed by atoms with E-state index in [9.17, 15) is 10.1 Å². The minimum atomic E-state index is -0.497. The lowest BCUT2D eigenvalue weighted by Gasteiger charge is -2.28. The van der Waals surface area contributed by atoms with Crippen LogP contribution in [0.25, 0.3) is 0 Å². The van der Waals surface area contributed by atoms with Crippen LogP contribution in [0.1, 0.15) is 32.6 Å². The van der Waals surface area contributed by atoms with Crippen molar-refractivity contribution in [1.29, 1.82) is 0 Å². The Kier molecular flexibility index (Phi) is 4.52. The van der Waals surface area contributed by atoms with Gasteiger partial charge in [0, 0.05) is 6.54 Å². The zero-order valence-electron chi connectivity index (χ0n) is 10.8. The minimum absolute atomic E-state index is 0.0183. The highest BCUT2D eigenvalue weighted by Crippen LogP contribution is 2.30. The van der Waals surface area contributed by atoms with Gasteiger partial charge < -0.3 is 5.32 Å². The van der Waals surface area contributed by atoms with Crippen LogP contribution in [0.2, 0.25) is 5.28 Å². The first-order chi connectivity index (χ1) is 9.08. The third-order valence-electron chi connectivity index (χ3n) is 3.76. The summed E-state index contributed by atoms with van der Waals surface area (Å²) in [4.78, 5) is 17.9. The van der Waals surface area contributed by atoms with E-state index < -0.39 is 4.92 Å². The summed E-state index contributed by atoms with van der Waals surface area (Å²) in [6.07, 6.45) is 6.02. The van der Waals surface area contributed by atoms with Crippen LogP contribution in [0.5, 0.6) is 0 Å². The average Bonchev–Trinajstić information content (AvgIpc) is 2.37. The van der Waals surface area contributed by atoms with Crippen LogP contribution >= 0.6 is 11.6 Å². The Bertz CT molecular complexity index is 469. The second-order valence-corrected chi connectivity index (χ2v) is 5.37. The van der Waals surface area contributed by atoms with Crippen molar-refractivity contribution in [3.8, 4) is 0 Å². The summed E-state index contributed by atoms with van der Waals surface area (Å²) in [5.41, 5.74) is -0.132. The predicted molar refractivity (Wildman–Crippen MR) is 73.3 cm³/mol. The van der Waals surface area contributed by atoms with Crippen molar-refractivity contribution in [2.24, 2.45) is 11.8 Å². The number of hydrogen-bond donors (Lipinski definition) is 1. The van der Waals surface area contributed by atoms with Gasteiger partial charge >= 0.3 is 5.69 Å². The van der Waals surface area contributed by atoms with E-state index in [0.717, 1.165) is 12.6 Å². The number of nitro groups is 1. The molecule has 1 fully saturated rings. The Morgan fingerprint density at radius 2 is 2.26 bits per heavy atom. The fourth-order valence-electron chi connectivity index (χ4n) is 2.54. The van der Waals surface area contributed by atoms with Gasteiger partial charge in [-0.3, -0.25) is 10.1 Å². The fraction of sp³-hybridized carbons (Fsp3) is 0.667. The molecule has 7 heteroatoms. The Labute approximate surface area is 116 Å². The summed E-state index contributed by atoms with van der Waals surface area (Å²) in [5.74, 6) is 1.38. The molecule has 0 amide bonds. The average molecular weight is 285 g/mol. The van der Waals surface area contributed by atoms with Crippen LogP contribution in [0.3, 0.4) is 0 Å². The molecule has 2 unspecified atom stereocenters. The molecule has 1 heterocycles. The highest BCUT2D eigenvalue weighted by atomic mass is 35.5. The number of hydrogen-bond acceptors (Lipinski definition) is 5. The summed E-state index contributed by atoms with van der Waals surface area (Å²) in [6.45, 7) is 2.92. The van der Waals surface area contributed by atoms with E-state index in [1.54, 1.807) is 0 Å². The summed E-state index contributed by atoms with van der Waals surface area (Å²) < 4.78 is 0. The van der Waals surface area contributed by atoms with E-state index in [1.165, 1.54) is 19.3 Å². The van der Waals surface area contributed by atoms with Crippen molar-refractivity contribution >= 4 is 23.1 Å². The highest BCUT2D eigenvalue weighted by Gasteiger charge is 2.23. The predicted octanol–water partition coefficient (Wildman–Crippen LogP) is 3.28. The molecule has 1 aliphatic rings. The highest BCUT2D eigenvalue weighted by molar-refractivity contribution is 6.28. The molecule has 2 atom stereocenters. The van der Waals surface area contributed by atoms with Crippen LogP contribution in [-0.4, -0.2) is 21.4 Å². The lowest BCUT2D eigenvalue weighted by Crippen LogP contribution is -2.25. The SMILES string of the molecule is CC1CCCCC1CNc1nc(Cl)ncc1[N+](=O)[O-]. The van der Waals surface area contributed by atoms with E-state index in [1.807, 2.05) is 0 Å². The molecule has 0 spiro atoms. The zero-order valence-corrected chi connectivity index (χ0v) is 11.6. The van der Waals surface area contributed by atoms with Gasteiger partial charge in [0.2, 0.25) is 11.1 Å². The summed E-state index contributed by atoms with van der Waals surface area (Å²) >= 11 is 5.69. The molecule has 6 nitrogen and oxygen atoms in total. The van der Waals surface area contributed by atoms with Gasteiger partial charge in [-0.15, -0.1) is 0 Å². The first-order valence-electron chi connectivity index (χ1n) is 6.48. The van der Waals surface area contributed by atoms with Gasteiger partial charge in [-0.25, -0.2) is 4.98 Å². The molecule has 1 aliphatic carbocycles. The molecule has 0 bridgehead atoms. The van der Waals surface area contributed by atoms with Gasteiger partial charge in [-0.2, -0.15) is 4.98 Å². The lowest BCUT2D eigenvalue weighted by atomic mass is 9.80. The first-order valence-corrected chi connectivity index (χ1v) is 6.86. The van der Waals surface area contributed by atoms with Crippen LogP contribution in [-0.2, 0) is 0 Å². The van der Waals surface area contributed by atoms with Gasteiger partial charge in [0.25, 0.3) is 0 Å². The molecule has 0 radical (unpaired) electrons. The standard InChI is InChI=1S/C12H17ClN4O2/c1-8-4-2-3-5-9(8)6-14-11-10(17(18)19)7-15-12(13)16-11/h7-9H,2-6H2,1H3,(H,14,15,16). The number of nitrogens with one attached hydrogen (secondary N) is 1. The van der Waals surface area contributed by atoms with Crippen molar-refractivity contribution in [2.75, 3.05) is 11.9 Å². The number of halogens is 1. The normalized spacial score (nSPS) is 23.1. The minimum Gasteiger partial charge on any atom is -0.364 e. The lowest BCUT2D eigenvalue weighted by molar-refractivity contribution is -0.384. The molecule has 1 N–H and O–H groups in total. The maximum atomic E-state index is 10.9. The van der Waals surface area contributed by atoms with E-state index in [0.29, 0.717) is 18.4 Å². The fourth-order valence-corrected chi connectivity index (χ4v) is 2.68. The molecular formula is C12H17ClN4O2. The molecule has 0 aliphatic heterocycles. The van der Waals surface area contributed by atoms with Crippen molar-refractivity contribution in [2.45, 2.75) is 32.6 Å². The second kappa shape index (κ2) is 6.14. The van der Waals surface area contributed by atoms with Gasteiger partial charge in [-0.05, 0) is 29.9 Å². The van der Waals surface area contributed by atoms with Crippen LogP contribution in [0.15, 0.2) is 6.20 Å². The second-order valence-electron chi connectivity index (χ2n) is 5.03. The van der Waals surface area contributed by atoms with Gasteiger partial charge in [0.1, 0.15) is 6.20 Å². The Hall–Kier alpha value is -1.43. The maximum Gasteiger partial charge on any atom is 0.329 e. The molecule has 19 heavy (non-hydrogen) atoms. The smallest absolute Gasteiger partial charge is 0.329 e. The maximum absolute atomic E-state index is 10.9. The van der Waals surface area contributed by atoms with Crippen molar-refractivity contribution in [1.82, 2.24) is 9.97 Å². The monoisotopic (exact) mass is 284 g/mol. The quantitative estimate of drug-likeness (QED) is 0.521. The molecule has 1 aromatic rings. The van der Waals surface area contributed by atoms with Crippen molar-refractivity contribution in [3.05, 3.63) is 21.6 Å². The molecule has 0 aromatic carbocycles. The Morgan fingerprint density at radius 1 is 1.53 bits per heavy atom. The topological polar surface area (TPSA) is 81.0 Å².